The van der Waals surface area contributed by atoms with Crippen molar-refractivity contribution in [3.8, 4) is 11.5 Å². The van der Waals surface area contributed by atoms with Gasteiger partial charge < -0.3 is 19.5 Å². The minimum absolute atomic E-state index is 0.0622. The van der Waals surface area contributed by atoms with Gasteiger partial charge in [0.2, 0.25) is 0 Å². The fourth-order valence-electron chi connectivity index (χ4n) is 2.03. The molecule has 0 unspecified atom stereocenters. The molecule has 0 saturated heterocycles. The largest absolute Gasteiger partial charge is 0.491 e. The first-order valence-corrected chi connectivity index (χ1v) is 8.66. The van der Waals surface area contributed by atoms with Crippen LogP contribution in [0, 0.1) is 0 Å². The Labute approximate surface area is 155 Å². The van der Waals surface area contributed by atoms with E-state index in [2.05, 4.69) is 11.9 Å². The molecular weight excluding hydrogens is 334 g/mol. The van der Waals surface area contributed by atoms with Crippen molar-refractivity contribution in [3.63, 3.8) is 0 Å². The Morgan fingerprint density at radius 2 is 1.85 bits per heavy atom. The van der Waals surface area contributed by atoms with Crippen LogP contribution in [0.3, 0.4) is 0 Å². The first kappa shape index (κ1) is 21.5. The van der Waals surface area contributed by atoms with Gasteiger partial charge in [-0.3, -0.25) is 4.79 Å². The van der Waals surface area contributed by atoms with Gasteiger partial charge in [0.1, 0.15) is 17.1 Å². The first-order chi connectivity index (χ1) is 12.1. The molecule has 0 aliphatic rings. The zero-order chi connectivity index (χ0) is 19.7. The second-order valence-corrected chi connectivity index (χ2v) is 7.07. The standard InChI is InChI=1S/C20H29NO5/c1-7-8-9-21-19(23)15-10-16(12-17(11-15)25-14(2)3)24-13-18(22)26-20(4,5)6/h7,10-12,14H,1,8-9,13H2,2-6H3,(H,21,23). The third-order valence-corrected chi connectivity index (χ3v) is 2.92. The molecule has 0 aliphatic carbocycles. The van der Waals surface area contributed by atoms with E-state index in [0.717, 1.165) is 0 Å². The highest BCUT2D eigenvalue weighted by atomic mass is 16.6. The number of esters is 1. The van der Waals surface area contributed by atoms with E-state index < -0.39 is 11.6 Å². The summed E-state index contributed by atoms with van der Waals surface area (Å²) in [4.78, 5) is 24.1. The van der Waals surface area contributed by atoms with Crippen molar-refractivity contribution < 1.29 is 23.8 Å². The topological polar surface area (TPSA) is 73.9 Å². The summed E-state index contributed by atoms with van der Waals surface area (Å²) in [6.45, 7) is 13.0. The number of benzene rings is 1. The van der Waals surface area contributed by atoms with E-state index in [-0.39, 0.29) is 18.6 Å². The predicted octanol–water partition coefficient (Wildman–Crippen LogP) is 3.50. The van der Waals surface area contributed by atoms with Crippen LogP contribution in [0.5, 0.6) is 11.5 Å². The summed E-state index contributed by atoms with van der Waals surface area (Å²) in [5.74, 6) is 0.131. The van der Waals surface area contributed by atoms with Crippen LogP contribution in [-0.4, -0.2) is 36.7 Å². The van der Waals surface area contributed by atoms with Gasteiger partial charge in [-0.1, -0.05) is 6.08 Å². The van der Waals surface area contributed by atoms with Gasteiger partial charge in [-0.15, -0.1) is 6.58 Å². The van der Waals surface area contributed by atoms with E-state index in [9.17, 15) is 9.59 Å². The highest BCUT2D eigenvalue weighted by Crippen LogP contribution is 2.24. The molecule has 6 nitrogen and oxygen atoms in total. The van der Waals surface area contributed by atoms with Crippen LogP contribution < -0.4 is 14.8 Å². The molecule has 0 saturated carbocycles. The number of hydrogen-bond acceptors (Lipinski definition) is 5. The lowest BCUT2D eigenvalue weighted by Gasteiger charge is -2.19. The molecule has 1 aromatic rings. The van der Waals surface area contributed by atoms with E-state index in [0.29, 0.717) is 30.0 Å². The molecular formula is C20H29NO5. The van der Waals surface area contributed by atoms with Crippen LogP contribution in [-0.2, 0) is 9.53 Å². The van der Waals surface area contributed by atoms with Crippen molar-refractivity contribution in [1.82, 2.24) is 5.32 Å². The zero-order valence-electron chi connectivity index (χ0n) is 16.3. The second kappa shape index (κ2) is 9.85. The van der Waals surface area contributed by atoms with Gasteiger partial charge in [0.15, 0.2) is 6.61 Å². The maximum absolute atomic E-state index is 12.3. The van der Waals surface area contributed by atoms with E-state index in [1.807, 2.05) is 13.8 Å². The molecule has 0 aliphatic heterocycles. The summed E-state index contributed by atoms with van der Waals surface area (Å²) < 4.78 is 16.4. The highest BCUT2D eigenvalue weighted by Gasteiger charge is 2.17. The average Bonchev–Trinajstić information content (AvgIpc) is 2.50. The highest BCUT2D eigenvalue weighted by molar-refractivity contribution is 5.95. The monoisotopic (exact) mass is 363 g/mol. The number of nitrogens with one attached hydrogen (secondary N) is 1. The number of hydrogen-bond donors (Lipinski definition) is 1. The molecule has 0 radical (unpaired) electrons. The third kappa shape index (κ3) is 8.55. The van der Waals surface area contributed by atoms with Gasteiger partial charge in [-0.2, -0.15) is 0 Å². The van der Waals surface area contributed by atoms with Crippen molar-refractivity contribution >= 4 is 11.9 Å². The normalized spacial score (nSPS) is 11.0. The van der Waals surface area contributed by atoms with Gasteiger partial charge in [0, 0.05) is 18.2 Å². The van der Waals surface area contributed by atoms with E-state index in [1.54, 1.807) is 45.0 Å². The van der Waals surface area contributed by atoms with Crippen LogP contribution in [0.15, 0.2) is 30.9 Å². The third-order valence-electron chi connectivity index (χ3n) is 2.92. The predicted molar refractivity (Wildman–Crippen MR) is 101 cm³/mol. The minimum atomic E-state index is -0.584. The smallest absolute Gasteiger partial charge is 0.344 e. The molecule has 1 rings (SSSR count). The van der Waals surface area contributed by atoms with Crippen molar-refractivity contribution in [2.45, 2.75) is 52.7 Å². The minimum Gasteiger partial charge on any atom is -0.491 e. The lowest BCUT2D eigenvalue weighted by atomic mass is 10.2. The molecule has 144 valence electrons. The fraction of sp³-hybridized carbons (Fsp3) is 0.500. The second-order valence-electron chi connectivity index (χ2n) is 7.07. The summed E-state index contributed by atoms with van der Waals surface area (Å²) in [6, 6.07) is 4.86. The van der Waals surface area contributed by atoms with Gasteiger partial charge in [-0.25, -0.2) is 4.79 Å². The number of ether oxygens (including phenoxy) is 3. The summed E-state index contributed by atoms with van der Waals surface area (Å²) in [6.07, 6.45) is 2.34. The van der Waals surface area contributed by atoms with Crippen molar-refractivity contribution in [2.75, 3.05) is 13.2 Å². The van der Waals surface area contributed by atoms with Gasteiger partial charge in [-0.05, 0) is 53.2 Å². The maximum atomic E-state index is 12.3. The molecule has 0 spiro atoms. The van der Waals surface area contributed by atoms with Crippen molar-refractivity contribution in [1.29, 1.82) is 0 Å². The summed E-state index contributed by atoms with van der Waals surface area (Å²) in [5, 5.41) is 2.79. The summed E-state index contributed by atoms with van der Waals surface area (Å²) in [7, 11) is 0. The van der Waals surface area contributed by atoms with Gasteiger partial charge >= 0.3 is 5.97 Å². The molecule has 0 fully saturated rings. The number of carbonyl (C=O) groups excluding carboxylic acids is 2. The Balaban J connectivity index is 2.88. The lowest BCUT2D eigenvalue weighted by Crippen LogP contribution is -2.27. The van der Waals surface area contributed by atoms with Gasteiger partial charge in [0.25, 0.3) is 5.91 Å². The number of carbonyl (C=O) groups is 2. The SMILES string of the molecule is C=CCCNC(=O)c1cc(OCC(=O)OC(C)(C)C)cc(OC(C)C)c1. The molecule has 0 heterocycles. The summed E-state index contributed by atoms with van der Waals surface area (Å²) >= 11 is 0. The molecule has 0 bridgehead atoms. The summed E-state index contributed by atoms with van der Waals surface area (Å²) in [5.41, 5.74) is -0.189. The number of amides is 1. The Morgan fingerprint density at radius 1 is 1.19 bits per heavy atom. The van der Waals surface area contributed by atoms with E-state index in [4.69, 9.17) is 14.2 Å². The van der Waals surface area contributed by atoms with Crippen LogP contribution in [0.2, 0.25) is 0 Å². The molecule has 1 N–H and O–H groups in total. The molecule has 26 heavy (non-hydrogen) atoms. The zero-order valence-corrected chi connectivity index (χ0v) is 16.3. The maximum Gasteiger partial charge on any atom is 0.344 e. The molecule has 0 atom stereocenters. The first-order valence-electron chi connectivity index (χ1n) is 8.66. The Bertz CT molecular complexity index is 632. The fourth-order valence-corrected chi connectivity index (χ4v) is 2.03. The van der Waals surface area contributed by atoms with Gasteiger partial charge in [0.05, 0.1) is 6.10 Å². The quantitative estimate of drug-likeness (QED) is 0.413. The molecule has 6 heteroatoms. The van der Waals surface area contributed by atoms with Crippen LogP contribution in [0.4, 0.5) is 0 Å². The molecule has 1 amide bonds. The van der Waals surface area contributed by atoms with Crippen LogP contribution >= 0.6 is 0 Å². The molecule has 1 aromatic carbocycles. The van der Waals surface area contributed by atoms with Crippen molar-refractivity contribution in [3.05, 3.63) is 36.4 Å². The van der Waals surface area contributed by atoms with Crippen molar-refractivity contribution in [2.24, 2.45) is 0 Å². The Hall–Kier alpha value is -2.50. The van der Waals surface area contributed by atoms with E-state index in [1.165, 1.54) is 0 Å². The number of rotatable bonds is 9. The lowest BCUT2D eigenvalue weighted by molar-refractivity contribution is -0.157. The van der Waals surface area contributed by atoms with E-state index >= 15 is 0 Å². The van der Waals surface area contributed by atoms with Crippen LogP contribution in [0.1, 0.15) is 51.4 Å². The Morgan fingerprint density at radius 3 is 2.42 bits per heavy atom. The Kier molecular flexibility index (Phi) is 8.16. The average molecular weight is 363 g/mol. The molecule has 0 aromatic heterocycles. The van der Waals surface area contributed by atoms with Crippen LogP contribution in [0.25, 0.3) is 0 Å².